The number of halogens is 1. The average molecular weight is 278 g/mol. The Morgan fingerprint density at radius 3 is 2.68 bits per heavy atom. The molecule has 1 N–H and O–H groups in total. The van der Waals surface area contributed by atoms with Gasteiger partial charge >= 0.3 is 5.97 Å². The van der Waals surface area contributed by atoms with Crippen LogP contribution in [0.2, 0.25) is 5.02 Å². The van der Waals surface area contributed by atoms with Gasteiger partial charge in [-0.3, -0.25) is 4.98 Å². The molecule has 1 aromatic heterocycles. The number of nitrogens with zero attached hydrogens (tertiary/aromatic N) is 1. The molecular formula is C15H16ClNO2. The number of pyridine rings is 1. The van der Waals surface area contributed by atoms with E-state index in [0.717, 1.165) is 24.1 Å². The van der Waals surface area contributed by atoms with Gasteiger partial charge in [-0.1, -0.05) is 37.9 Å². The zero-order chi connectivity index (χ0) is 14.0. The van der Waals surface area contributed by atoms with Crippen LogP contribution in [-0.2, 0) is 12.8 Å². The summed E-state index contributed by atoms with van der Waals surface area (Å²) in [6.45, 7) is 4.02. The van der Waals surface area contributed by atoms with Gasteiger partial charge in [0.1, 0.15) is 0 Å². The fourth-order valence-electron chi connectivity index (χ4n) is 2.40. The van der Waals surface area contributed by atoms with E-state index in [2.05, 4.69) is 11.9 Å². The Morgan fingerprint density at radius 1 is 1.37 bits per heavy atom. The minimum atomic E-state index is -0.899. The lowest BCUT2D eigenvalue weighted by molar-refractivity contribution is 0.0697. The number of aromatic carboxylic acids is 1. The first kappa shape index (κ1) is 13.8. The lowest BCUT2D eigenvalue weighted by Crippen LogP contribution is -2.09. The minimum Gasteiger partial charge on any atom is -0.478 e. The van der Waals surface area contributed by atoms with Gasteiger partial charge in [-0.25, -0.2) is 4.79 Å². The van der Waals surface area contributed by atoms with Crippen LogP contribution >= 0.6 is 11.6 Å². The molecule has 2 rings (SSSR count). The number of rotatable bonds is 4. The van der Waals surface area contributed by atoms with Crippen LogP contribution in [0.1, 0.15) is 41.9 Å². The normalized spacial score (nSPS) is 10.9. The van der Waals surface area contributed by atoms with Crippen molar-refractivity contribution < 1.29 is 9.90 Å². The standard InChI is InChI=1S/C15H16ClNO2/c1-3-5-12-10(4-2)14(15(18)19)11-7-6-9(16)8-13(11)17-12/h6-8H,3-5H2,1-2H3,(H,18,19). The maximum Gasteiger partial charge on any atom is 0.336 e. The Labute approximate surface area is 117 Å². The number of carboxylic acids is 1. The van der Waals surface area contributed by atoms with E-state index < -0.39 is 5.97 Å². The van der Waals surface area contributed by atoms with Gasteiger partial charge in [0.2, 0.25) is 0 Å². The van der Waals surface area contributed by atoms with Crippen molar-refractivity contribution in [2.45, 2.75) is 33.1 Å². The third kappa shape index (κ3) is 2.56. The molecule has 1 aromatic carbocycles. The Bertz CT molecular complexity index is 638. The lowest BCUT2D eigenvalue weighted by Gasteiger charge is -2.13. The minimum absolute atomic E-state index is 0.368. The molecule has 4 heteroatoms. The number of hydrogen-bond acceptors (Lipinski definition) is 2. The fourth-order valence-corrected chi connectivity index (χ4v) is 2.56. The van der Waals surface area contributed by atoms with Crippen LogP contribution in [0, 0.1) is 0 Å². The van der Waals surface area contributed by atoms with Gasteiger partial charge in [-0.15, -0.1) is 0 Å². The molecule has 1 heterocycles. The molecule has 0 aliphatic heterocycles. The summed E-state index contributed by atoms with van der Waals surface area (Å²) in [6.07, 6.45) is 2.39. The van der Waals surface area contributed by atoms with E-state index in [-0.39, 0.29) is 0 Å². The molecule has 0 aliphatic carbocycles. The van der Waals surface area contributed by atoms with Crippen molar-refractivity contribution in [3.8, 4) is 0 Å². The predicted octanol–water partition coefficient (Wildman–Crippen LogP) is 4.10. The summed E-state index contributed by atoms with van der Waals surface area (Å²) in [7, 11) is 0. The third-order valence-corrected chi connectivity index (χ3v) is 3.42. The zero-order valence-corrected chi connectivity index (χ0v) is 11.8. The molecule has 0 fully saturated rings. The first-order valence-electron chi connectivity index (χ1n) is 6.42. The highest BCUT2D eigenvalue weighted by molar-refractivity contribution is 6.31. The van der Waals surface area contributed by atoms with E-state index in [9.17, 15) is 9.90 Å². The van der Waals surface area contributed by atoms with E-state index in [0.29, 0.717) is 27.9 Å². The van der Waals surface area contributed by atoms with Gasteiger partial charge in [0.15, 0.2) is 0 Å². The van der Waals surface area contributed by atoms with Crippen LogP contribution in [0.25, 0.3) is 10.9 Å². The van der Waals surface area contributed by atoms with Gasteiger partial charge in [0, 0.05) is 16.1 Å². The molecule has 0 spiro atoms. The van der Waals surface area contributed by atoms with Gasteiger partial charge in [-0.05, 0) is 30.5 Å². The number of benzene rings is 1. The highest BCUT2D eigenvalue weighted by Crippen LogP contribution is 2.27. The molecular weight excluding hydrogens is 262 g/mol. The summed E-state index contributed by atoms with van der Waals surface area (Å²) in [5.41, 5.74) is 2.74. The molecule has 0 atom stereocenters. The maximum atomic E-state index is 11.6. The molecule has 0 saturated heterocycles. The molecule has 100 valence electrons. The van der Waals surface area contributed by atoms with Gasteiger partial charge in [-0.2, -0.15) is 0 Å². The topological polar surface area (TPSA) is 50.2 Å². The third-order valence-electron chi connectivity index (χ3n) is 3.19. The van der Waals surface area contributed by atoms with Gasteiger partial charge in [0.25, 0.3) is 0 Å². The molecule has 0 aliphatic rings. The summed E-state index contributed by atoms with van der Waals surface area (Å²) in [5, 5.41) is 10.7. The molecule has 0 amide bonds. The van der Waals surface area contributed by atoms with Crippen LogP contribution in [0.3, 0.4) is 0 Å². The van der Waals surface area contributed by atoms with Crippen molar-refractivity contribution in [1.29, 1.82) is 0 Å². The monoisotopic (exact) mass is 277 g/mol. The Kier molecular flexibility index (Phi) is 4.05. The number of fused-ring (bicyclic) bond motifs is 1. The van der Waals surface area contributed by atoms with Crippen LogP contribution in [-0.4, -0.2) is 16.1 Å². The molecule has 19 heavy (non-hydrogen) atoms. The quantitative estimate of drug-likeness (QED) is 0.915. The van der Waals surface area contributed by atoms with Crippen molar-refractivity contribution in [3.05, 3.63) is 40.0 Å². The summed E-state index contributed by atoms with van der Waals surface area (Å²) in [6, 6.07) is 5.17. The summed E-state index contributed by atoms with van der Waals surface area (Å²) in [5.74, 6) is -0.899. The summed E-state index contributed by atoms with van der Waals surface area (Å²) in [4.78, 5) is 16.2. The van der Waals surface area contributed by atoms with Crippen LogP contribution in [0.5, 0.6) is 0 Å². The first-order chi connectivity index (χ1) is 9.08. The van der Waals surface area contributed by atoms with Crippen molar-refractivity contribution >= 4 is 28.5 Å². The van der Waals surface area contributed by atoms with Crippen LogP contribution in [0.4, 0.5) is 0 Å². The van der Waals surface area contributed by atoms with Crippen molar-refractivity contribution in [2.24, 2.45) is 0 Å². The Hall–Kier alpha value is -1.61. The second kappa shape index (κ2) is 5.57. The van der Waals surface area contributed by atoms with E-state index in [4.69, 9.17) is 11.6 Å². The maximum absolute atomic E-state index is 11.6. The molecule has 0 unspecified atom stereocenters. The van der Waals surface area contributed by atoms with Gasteiger partial charge in [0.05, 0.1) is 11.1 Å². The lowest BCUT2D eigenvalue weighted by atomic mass is 9.96. The van der Waals surface area contributed by atoms with E-state index in [1.165, 1.54) is 0 Å². The second-order valence-corrected chi connectivity index (χ2v) is 4.92. The van der Waals surface area contributed by atoms with E-state index >= 15 is 0 Å². The van der Waals surface area contributed by atoms with Crippen molar-refractivity contribution in [2.75, 3.05) is 0 Å². The number of hydrogen-bond donors (Lipinski definition) is 1. The molecule has 0 bridgehead atoms. The summed E-state index contributed by atoms with van der Waals surface area (Å²) >= 11 is 5.97. The number of carbonyl (C=O) groups is 1. The van der Waals surface area contributed by atoms with Crippen LogP contribution in [0.15, 0.2) is 18.2 Å². The summed E-state index contributed by atoms with van der Waals surface area (Å²) < 4.78 is 0. The molecule has 0 radical (unpaired) electrons. The molecule has 0 saturated carbocycles. The number of aromatic nitrogens is 1. The largest absolute Gasteiger partial charge is 0.478 e. The molecule has 3 nitrogen and oxygen atoms in total. The van der Waals surface area contributed by atoms with E-state index in [1.54, 1.807) is 18.2 Å². The smallest absolute Gasteiger partial charge is 0.336 e. The van der Waals surface area contributed by atoms with Gasteiger partial charge < -0.3 is 5.11 Å². The van der Waals surface area contributed by atoms with E-state index in [1.807, 2.05) is 6.92 Å². The highest BCUT2D eigenvalue weighted by atomic mass is 35.5. The Morgan fingerprint density at radius 2 is 2.11 bits per heavy atom. The van der Waals surface area contributed by atoms with Crippen molar-refractivity contribution in [1.82, 2.24) is 4.98 Å². The average Bonchev–Trinajstić information content (AvgIpc) is 2.37. The highest BCUT2D eigenvalue weighted by Gasteiger charge is 2.18. The van der Waals surface area contributed by atoms with Crippen LogP contribution < -0.4 is 0 Å². The Balaban J connectivity index is 2.85. The first-order valence-corrected chi connectivity index (χ1v) is 6.80. The second-order valence-electron chi connectivity index (χ2n) is 4.48. The number of aryl methyl sites for hydroxylation is 1. The SMILES string of the molecule is CCCc1nc2cc(Cl)ccc2c(C(=O)O)c1CC. The predicted molar refractivity (Wildman–Crippen MR) is 77.1 cm³/mol. The van der Waals surface area contributed by atoms with Crippen molar-refractivity contribution in [3.63, 3.8) is 0 Å². The number of carboxylic acid groups (broad SMARTS) is 1. The fraction of sp³-hybridized carbons (Fsp3) is 0.333. The zero-order valence-electron chi connectivity index (χ0n) is 11.0. The molecule has 2 aromatic rings.